The molecule has 0 saturated carbocycles. The van der Waals surface area contributed by atoms with E-state index in [1.165, 1.54) is 0 Å². The maximum Gasteiger partial charge on any atom is 0.270 e. The SMILES string of the molecule is CCc1nc2ccc(C)cn2c1C(=O)NCCOCCO. The number of aliphatic hydroxyl groups excluding tert-OH is 1. The molecule has 0 aromatic carbocycles. The number of nitrogens with one attached hydrogen (secondary N) is 1. The van der Waals surface area contributed by atoms with Gasteiger partial charge in [0, 0.05) is 12.7 Å². The maximum absolute atomic E-state index is 12.4. The smallest absolute Gasteiger partial charge is 0.270 e. The van der Waals surface area contributed by atoms with Crippen LogP contribution in [0.5, 0.6) is 0 Å². The molecule has 0 aliphatic carbocycles. The van der Waals surface area contributed by atoms with Gasteiger partial charge in [0.25, 0.3) is 5.91 Å². The molecule has 0 saturated heterocycles. The van der Waals surface area contributed by atoms with Crippen molar-refractivity contribution in [1.29, 1.82) is 0 Å². The van der Waals surface area contributed by atoms with Gasteiger partial charge in [-0.15, -0.1) is 0 Å². The van der Waals surface area contributed by atoms with Crippen LogP contribution < -0.4 is 5.32 Å². The molecule has 0 fully saturated rings. The fourth-order valence-corrected chi connectivity index (χ4v) is 2.17. The molecule has 0 radical (unpaired) electrons. The maximum atomic E-state index is 12.4. The Hall–Kier alpha value is -1.92. The zero-order valence-electron chi connectivity index (χ0n) is 12.4. The van der Waals surface area contributed by atoms with Crippen LogP contribution in [0.2, 0.25) is 0 Å². The number of fused-ring (bicyclic) bond motifs is 1. The highest BCUT2D eigenvalue weighted by atomic mass is 16.5. The number of hydrogen-bond donors (Lipinski definition) is 2. The lowest BCUT2D eigenvalue weighted by atomic mass is 10.2. The summed E-state index contributed by atoms with van der Waals surface area (Å²) in [6.45, 7) is 5.02. The number of nitrogens with zero attached hydrogens (tertiary/aromatic N) is 2. The van der Waals surface area contributed by atoms with Crippen molar-refractivity contribution in [2.75, 3.05) is 26.4 Å². The van der Waals surface area contributed by atoms with Crippen LogP contribution >= 0.6 is 0 Å². The number of hydrogen-bond acceptors (Lipinski definition) is 4. The van der Waals surface area contributed by atoms with E-state index in [2.05, 4.69) is 10.3 Å². The molecule has 2 aromatic rings. The molecular weight excluding hydrogens is 270 g/mol. The first-order valence-electron chi connectivity index (χ1n) is 7.11. The van der Waals surface area contributed by atoms with Crippen molar-refractivity contribution in [1.82, 2.24) is 14.7 Å². The molecule has 2 N–H and O–H groups in total. The van der Waals surface area contributed by atoms with Crippen LogP contribution in [0.25, 0.3) is 5.65 Å². The number of ether oxygens (including phenoxy) is 1. The minimum absolute atomic E-state index is 0.0134. The molecule has 21 heavy (non-hydrogen) atoms. The van der Waals surface area contributed by atoms with Gasteiger partial charge in [-0.1, -0.05) is 13.0 Å². The van der Waals surface area contributed by atoms with E-state index in [4.69, 9.17) is 9.84 Å². The molecule has 6 nitrogen and oxygen atoms in total. The van der Waals surface area contributed by atoms with E-state index in [0.717, 1.165) is 16.9 Å². The van der Waals surface area contributed by atoms with E-state index in [-0.39, 0.29) is 19.1 Å². The number of pyridine rings is 1. The van der Waals surface area contributed by atoms with Crippen LogP contribution in [0, 0.1) is 6.92 Å². The van der Waals surface area contributed by atoms with Crippen molar-refractivity contribution in [3.63, 3.8) is 0 Å². The first kappa shape index (κ1) is 15.5. The minimum Gasteiger partial charge on any atom is -0.394 e. The average molecular weight is 291 g/mol. The predicted molar refractivity (Wildman–Crippen MR) is 79.5 cm³/mol. The van der Waals surface area contributed by atoms with Gasteiger partial charge >= 0.3 is 0 Å². The average Bonchev–Trinajstić information content (AvgIpc) is 2.84. The van der Waals surface area contributed by atoms with Gasteiger partial charge in [-0.3, -0.25) is 9.20 Å². The van der Waals surface area contributed by atoms with Crippen LogP contribution in [0.15, 0.2) is 18.3 Å². The van der Waals surface area contributed by atoms with Crippen molar-refractivity contribution in [3.8, 4) is 0 Å². The minimum atomic E-state index is -0.155. The molecule has 2 aromatic heterocycles. The van der Waals surface area contributed by atoms with E-state index in [0.29, 0.717) is 25.3 Å². The van der Waals surface area contributed by atoms with Gasteiger partial charge in [-0.05, 0) is 25.0 Å². The highest BCUT2D eigenvalue weighted by molar-refractivity contribution is 5.94. The van der Waals surface area contributed by atoms with Crippen LogP contribution in [-0.4, -0.2) is 46.8 Å². The second kappa shape index (κ2) is 7.19. The summed E-state index contributed by atoms with van der Waals surface area (Å²) in [5.74, 6) is -0.155. The summed E-state index contributed by atoms with van der Waals surface area (Å²) in [5, 5.41) is 11.4. The van der Waals surface area contributed by atoms with Gasteiger partial charge < -0.3 is 15.2 Å². The zero-order chi connectivity index (χ0) is 15.2. The topological polar surface area (TPSA) is 75.9 Å². The summed E-state index contributed by atoms with van der Waals surface area (Å²) >= 11 is 0. The normalized spacial score (nSPS) is 11.0. The van der Waals surface area contributed by atoms with Gasteiger partial charge in [0.05, 0.1) is 25.5 Å². The van der Waals surface area contributed by atoms with Gasteiger partial charge in [0.2, 0.25) is 0 Å². The lowest BCUT2D eigenvalue weighted by molar-refractivity contribution is 0.0834. The lowest BCUT2D eigenvalue weighted by Crippen LogP contribution is -2.29. The van der Waals surface area contributed by atoms with E-state index in [1.807, 2.05) is 36.6 Å². The molecule has 0 bridgehead atoms. The lowest BCUT2D eigenvalue weighted by Gasteiger charge is -2.07. The molecule has 0 spiro atoms. The Labute approximate surface area is 123 Å². The first-order valence-corrected chi connectivity index (χ1v) is 7.11. The molecule has 0 atom stereocenters. The monoisotopic (exact) mass is 291 g/mol. The second-order valence-electron chi connectivity index (χ2n) is 4.79. The van der Waals surface area contributed by atoms with Gasteiger partial charge in [0.1, 0.15) is 11.3 Å². The number of aromatic nitrogens is 2. The van der Waals surface area contributed by atoms with Crippen molar-refractivity contribution in [2.45, 2.75) is 20.3 Å². The number of imidazole rings is 1. The summed E-state index contributed by atoms with van der Waals surface area (Å²) in [6, 6.07) is 3.89. The fourth-order valence-electron chi connectivity index (χ4n) is 2.17. The van der Waals surface area contributed by atoms with Crippen molar-refractivity contribution < 1.29 is 14.6 Å². The number of rotatable bonds is 7. The molecule has 114 valence electrons. The summed E-state index contributed by atoms with van der Waals surface area (Å²) in [5.41, 5.74) is 3.22. The number of aryl methyl sites for hydroxylation is 2. The van der Waals surface area contributed by atoms with E-state index in [1.54, 1.807) is 0 Å². The highest BCUT2D eigenvalue weighted by Gasteiger charge is 2.17. The summed E-state index contributed by atoms with van der Waals surface area (Å²) in [6.07, 6.45) is 2.61. The Morgan fingerprint density at radius 2 is 2.24 bits per heavy atom. The number of amides is 1. The molecule has 0 aliphatic rings. The quantitative estimate of drug-likeness (QED) is 0.745. The Kier molecular flexibility index (Phi) is 5.30. The summed E-state index contributed by atoms with van der Waals surface area (Å²) in [4.78, 5) is 16.9. The Morgan fingerprint density at radius 3 is 2.95 bits per heavy atom. The van der Waals surface area contributed by atoms with E-state index >= 15 is 0 Å². The molecule has 1 amide bonds. The largest absolute Gasteiger partial charge is 0.394 e. The number of carbonyl (C=O) groups is 1. The van der Waals surface area contributed by atoms with Crippen LogP contribution in [-0.2, 0) is 11.2 Å². The molecule has 2 heterocycles. The molecule has 2 rings (SSSR count). The third kappa shape index (κ3) is 3.59. The third-order valence-corrected chi connectivity index (χ3v) is 3.16. The van der Waals surface area contributed by atoms with Crippen molar-refractivity contribution in [2.24, 2.45) is 0 Å². The Morgan fingerprint density at radius 1 is 1.43 bits per heavy atom. The summed E-state index contributed by atoms with van der Waals surface area (Å²) in [7, 11) is 0. The zero-order valence-corrected chi connectivity index (χ0v) is 12.4. The van der Waals surface area contributed by atoms with Crippen molar-refractivity contribution >= 4 is 11.6 Å². The van der Waals surface area contributed by atoms with Gasteiger partial charge in [-0.25, -0.2) is 4.98 Å². The first-order chi connectivity index (χ1) is 10.2. The Balaban J connectivity index is 2.15. The van der Waals surface area contributed by atoms with Gasteiger partial charge in [-0.2, -0.15) is 0 Å². The number of carbonyl (C=O) groups excluding carboxylic acids is 1. The standard InChI is InChI=1S/C15H21N3O3/c1-3-12-14(15(20)16-6-8-21-9-7-19)18-10-11(2)4-5-13(18)17-12/h4-5,10,19H,3,6-9H2,1-2H3,(H,16,20). The third-order valence-electron chi connectivity index (χ3n) is 3.16. The van der Waals surface area contributed by atoms with Crippen LogP contribution in [0.1, 0.15) is 28.7 Å². The van der Waals surface area contributed by atoms with Crippen LogP contribution in [0.3, 0.4) is 0 Å². The van der Waals surface area contributed by atoms with Crippen molar-refractivity contribution in [3.05, 3.63) is 35.3 Å². The van der Waals surface area contributed by atoms with Crippen LogP contribution in [0.4, 0.5) is 0 Å². The second-order valence-corrected chi connectivity index (χ2v) is 4.79. The molecule has 6 heteroatoms. The molecule has 0 aliphatic heterocycles. The predicted octanol–water partition coefficient (Wildman–Crippen LogP) is 0.944. The summed E-state index contributed by atoms with van der Waals surface area (Å²) < 4.78 is 6.96. The molecular formula is C15H21N3O3. The number of aliphatic hydroxyl groups is 1. The van der Waals surface area contributed by atoms with Gasteiger partial charge in [0.15, 0.2) is 0 Å². The Bertz CT molecular complexity index is 622. The van der Waals surface area contributed by atoms with E-state index in [9.17, 15) is 4.79 Å². The fraction of sp³-hybridized carbons (Fsp3) is 0.467. The highest BCUT2D eigenvalue weighted by Crippen LogP contribution is 2.14. The van der Waals surface area contributed by atoms with E-state index < -0.39 is 0 Å². The molecule has 0 unspecified atom stereocenters.